The number of aromatic nitrogens is 3. The summed E-state index contributed by atoms with van der Waals surface area (Å²) in [5, 5.41) is 8.04. The summed E-state index contributed by atoms with van der Waals surface area (Å²) in [6.45, 7) is 8.58. The Morgan fingerprint density at radius 1 is 1.21 bits per heavy atom. The molecule has 1 saturated heterocycles. The highest BCUT2D eigenvalue weighted by Crippen LogP contribution is 2.12. The summed E-state index contributed by atoms with van der Waals surface area (Å²) in [6, 6.07) is 1.66. The molecule has 1 aliphatic heterocycles. The summed E-state index contributed by atoms with van der Waals surface area (Å²) < 4.78 is 6.87. The van der Waals surface area contributed by atoms with E-state index >= 15 is 0 Å². The lowest BCUT2D eigenvalue weighted by Gasteiger charge is -2.34. The minimum absolute atomic E-state index is 0.0246. The number of piperazine rings is 1. The fourth-order valence-electron chi connectivity index (χ4n) is 2.84. The number of Topliss-reactive ketones (excluding diaryl/α,β-unsaturated/α-hetero) is 1. The molecule has 1 fully saturated rings. The van der Waals surface area contributed by atoms with Gasteiger partial charge >= 0.3 is 0 Å². The predicted octanol–water partition coefficient (Wildman–Crippen LogP) is 1.11. The summed E-state index contributed by atoms with van der Waals surface area (Å²) in [4.78, 5) is 27.8. The van der Waals surface area contributed by atoms with Gasteiger partial charge in [-0.2, -0.15) is 5.10 Å². The Morgan fingerprint density at radius 3 is 2.46 bits per heavy atom. The second kappa shape index (κ2) is 6.56. The van der Waals surface area contributed by atoms with Crippen molar-refractivity contribution in [1.29, 1.82) is 0 Å². The Bertz CT molecular complexity index is 756. The number of carbonyl (C=O) groups excluding carboxylic acids is 2. The quantitative estimate of drug-likeness (QED) is 0.780. The van der Waals surface area contributed by atoms with E-state index in [1.807, 2.05) is 11.6 Å². The van der Waals surface area contributed by atoms with Gasteiger partial charge in [0.05, 0.1) is 24.1 Å². The van der Waals surface area contributed by atoms with Gasteiger partial charge in [-0.3, -0.25) is 19.2 Å². The molecule has 0 bridgehead atoms. The first kappa shape index (κ1) is 16.4. The zero-order valence-corrected chi connectivity index (χ0v) is 14.2. The molecule has 0 atom stereocenters. The van der Waals surface area contributed by atoms with Crippen LogP contribution in [0.1, 0.15) is 39.2 Å². The van der Waals surface area contributed by atoms with E-state index in [2.05, 4.69) is 15.2 Å². The lowest BCUT2D eigenvalue weighted by atomic mass is 10.2. The molecule has 0 aliphatic carbocycles. The van der Waals surface area contributed by atoms with E-state index in [-0.39, 0.29) is 17.5 Å². The Hall–Kier alpha value is -2.48. The molecule has 2 aromatic rings. The van der Waals surface area contributed by atoms with E-state index in [4.69, 9.17) is 4.52 Å². The maximum Gasteiger partial charge on any atom is 0.292 e. The van der Waals surface area contributed by atoms with Gasteiger partial charge in [0, 0.05) is 37.9 Å². The minimum Gasteiger partial charge on any atom is -0.351 e. The molecule has 2 aromatic heterocycles. The highest BCUT2D eigenvalue weighted by Gasteiger charge is 2.25. The first-order valence-electron chi connectivity index (χ1n) is 7.94. The van der Waals surface area contributed by atoms with Gasteiger partial charge in [0.1, 0.15) is 0 Å². The number of carbonyl (C=O) groups is 2. The van der Waals surface area contributed by atoms with Gasteiger partial charge in [-0.05, 0) is 20.8 Å². The van der Waals surface area contributed by atoms with Crippen LogP contribution < -0.4 is 0 Å². The molecule has 3 heterocycles. The van der Waals surface area contributed by atoms with Crippen molar-refractivity contribution < 1.29 is 14.1 Å². The fourth-order valence-corrected chi connectivity index (χ4v) is 2.84. The molecule has 0 unspecified atom stereocenters. The molecule has 8 heteroatoms. The first-order valence-corrected chi connectivity index (χ1v) is 7.94. The summed E-state index contributed by atoms with van der Waals surface area (Å²) in [6.07, 6.45) is 1.61. The monoisotopic (exact) mass is 331 g/mol. The SMILES string of the molecule is CC(=O)c1cnn(CN2CCN(C(=O)c3cc(C)no3)CC2)c1C. The van der Waals surface area contributed by atoms with Gasteiger partial charge in [-0.25, -0.2) is 0 Å². The van der Waals surface area contributed by atoms with Crippen molar-refractivity contribution in [2.75, 3.05) is 26.2 Å². The minimum atomic E-state index is -0.121. The van der Waals surface area contributed by atoms with E-state index in [9.17, 15) is 9.59 Å². The van der Waals surface area contributed by atoms with E-state index in [0.29, 0.717) is 31.0 Å². The van der Waals surface area contributed by atoms with Crippen LogP contribution in [0.4, 0.5) is 0 Å². The Labute approximate surface area is 140 Å². The standard InChI is InChI=1S/C16H21N5O3/c1-11-8-15(24-18-11)16(23)20-6-4-19(5-7-20)10-21-12(2)14(9-17-21)13(3)22/h8-9H,4-7,10H2,1-3H3. The van der Waals surface area contributed by atoms with Gasteiger partial charge in [0.15, 0.2) is 5.78 Å². The first-order chi connectivity index (χ1) is 11.5. The zero-order valence-electron chi connectivity index (χ0n) is 14.2. The molecule has 0 spiro atoms. The van der Waals surface area contributed by atoms with Crippen LogP contribution in [0, 0.1) is 13.8 Å². The van der Waals surface area contributed by atoms with Crippen LogP contribution in [-0.2, 0) is 6.67 Å². The molecule has 3 rings (SSSR count). The largest absolute Gasteiger partial charge is 0.351 e. The fraction of sp³-hybridized carbons (Fsp3) is 0.500. The number of rotatable bonds is 4. The van der Waals surface area contributed by atoms with Gasteiger partial charge in [0.2, 0.25) is 5.76 Å². The third-order valence-corrected chi connectivity index (χ3v) is 4.31. The van der Waals surface area contributed by atoms with Gasteiger partial charge in [0.25, 0.3) is 5.91 Å². The lowest BCUT2D eigenvalue weighted by molar-refractivity contribution is 0.0547. The van der Waals surface area contributed by atoms with Crippen LogP contribution in [0.2, 0.25) is 0 Å². The lowest BCUT2D eigenvalue weighted by Crippen LogP contribution is -2.49. The van der Waals surface area contributed by atoms with Crippen molar-refractivity contribution in [3.63, 3.8) is 0 Å². The molecule has 128 valence electrons. The van der Waals surface area contributed by atoms with Crippen LogP contribution in [0.15, 0.2) is 16.8 Å². The summed E-state index contributed by atoms with van der Waals surface area (Å²) in [5.74, 6) is 0.191. The number of aryl methyl sites for hydroxylation is 1. The van der Waals surface area contributed by atoms with Crippen LogP contribution in [0.25, 0.3) is 0 Å². The van der Waals surface area contributed by atoms with Gasteiger partial charge < -0.3 is 9.42 Å². The molecule has 24 heavy (non-hydrogen) atoms. The number of hydrogen-bond donors (Lipinski definition) is 0. The summed E-state index contributed by atoms with van der Waals surface area (Å²) in [7, 11) is 0. The summed E-state index contributed by atoms with van der Waals surface area (Å²) >= 11 is 0. The Kier molecular flexibility index (Phi) is 4.48. The molecular formula is C16H21N5O3. The van der Waals surface area contributed by atoms with E-state index in [1.54, 1.807) is 31.0 Å². The highest BCUT2D eigenvalue weighted by atomic mass is 16.5. The number of hydrogen-bond acceptors (Lipinski definition) is 6. The van der Waals surface area contributed by atoms with Crippen LogP contribution >= 0.6 is 0 Å². The maximum atomic E-state index is 12.3. The second-order valence-electron chi connectivity index (χ2n) is 6.08. The Balaban J connectivity index is 1.57. The predicted molar refractivity (Wildman–Crippen MR) is 85.7 cm³/mol. The highest BCUT2D eigenvalue weighted by molar-refractivity contribution is 5.94. The smallest absolute Gasteiger partial charge is 0.292 e. The average molecular weight is 331 g/mol. The van der Waals surface area contributed by atoms with Crippen molar-refractivity contribution in [3.05, 3.63) is 35.0 Å². The number of amides is 1. The number of nitrogens with zero attached hydrogens (tertiary/aromatic N) is 5. The summed E-state index contributed by atoms with van der Waals surface area (Å²) in [5.41, 5.74) is 2.23. The van der Waals surface area contributed by atoms with E-state index in [0.717, 1.165) is 18.8 Å². The van der Waals surface area contributed by atoms with Crippen LogP contribution in [-0.4, -0.2) is 62.6 Å². The maximum absolute atomic E-state index is 12.3. The average Bonchev–Trinajstić information content (AvgIpc) is 3.14. The third kappa shape index (κ3) is 3.23. The number of ketones is 1. The molecule has 8 nitrogen and oxygen atoms in total. The second-order valence-corrected chi connectivity index (χ2v) is 6.08. The van der Waals surface area contributed by atoms with E-state index < -0.39 is 0 Å². The van der Waals surface area contributed by atoms with Crippen molar-refractivity contribution in [2.45, 2.75) is 27.4 Å². The molecule has 0 N–H and O–H groups in total. The topological polar surface area (TPSA) is 84.5 Å². The Morgan fingerprint density at radius 2 is 1.92 bits per heavy atom. The van der Waals surface area contributed by atoms with Crippen LogP contribution in [0.5, 0.6) is 0 Å². The normalized spacial score (nSPS) is 15.7. The molecule has 0 aromatic carbocycles. The van der Waals surface area contributed by atoms with Crippen molar-refractivity contribution in [1.82, 2.24) is 24.7 Å². The molecular weight excluding hydrogens is 310 g/mol. The van der Waals surface area contributed by atoms with Crippen LogP contribution in [0.3, 0.4) is 0 Å². The van der Waals surface area contributed by atoms with Gasteiger partial charge in [-0.1, -0.05) is 5.16 Å². The zero-order chi connectivity index (χ0) is 17.3. The van der Waals surface area contributed by atoms with Gasteiger partial charge in [-0.15, -0.1) is 0 Å². The molecule has 1 amide bonds. The van der Waals surface area contributed by atoms with Crippen molar-refractivity contribution in [3.8, 4) is 0 Å². The molecule has 0 radical (unpaired) electrons. The third-order valence-electron chi connectivity index (χ3n) is 4.31. The van der Waals surface area contributed by atoms with Crippen molar-refractivity contribution >= 4 is 11.7 Å². The molecule has 0 saturated carbocycles. The van der Waals surface area contributed by atoms with Crippen molar-refractivity contribution in [2.24, 2.45) is 0 Å². The molecule has 1 aliphatic rings. The van der Waals surface area contributed by atoms with E-state index in [1.165, 1.54) is 0 Å².